The molecule has 1 N–H and O–H groups in total. The van der Waals surface area contributed by atoms with Gasteiger partial charge in [-0.05, 0) is 43.2 Å². The lowest BCUT2D eigenvalue weighted by molar-refractivity contribution is -0.113. The maximum atomic E-state index is 13.0. The van der Waals surface area contributed by atoms with E-state index in [4.69, 9.17) is 0 Å². The van der Waals surface area contributed by atoms with Gasteiger partial charge >= 0.3 is 0 Å². The van der Waals surface area contributed by atoms with E-state index in [1.807, 2.05) is 19.9 Å². The van der Waals surface area contributed by atoms with Crippen molar-refractivity contribution in [3.8, 4) is 0 Å². The van der Waals surface area contributed by atoms with Crippen LogP contribution in [0.25, 0.3) is 10.9 Å². The Bertz CT molecular complexity index is 1170. The predicted molar refractivity (Wildman–Crippen MR) is 124 cm³/mol. The molecule has 8 heteroatoms. The predicted octanol–water partition coefficient (Wildman–Crippen LogP) is 4.75. The molecule has 0 fully saturated rings. The minimum Gasteiger partial charge on any atom is -0.325 e. The number of thioether (sulfide) groups is 1. The smallest absolute Gasteiger partial charge is 0.262 e. The molecule has 0 aliphatic rings. The summed E-state index contributed by atoms with van der Waals surface area (Å²) in [6.45, 7) is 6.05. The largest absolute Gasteiger partial charge is 0.325 e. The standard InChI is InChI=1S/C22H22BrN3O3S/c1-13(2)11-26-21(29)18-10-16(23)7-8-19(18)25-22(26)30-12-20(28)24-17-6-4-5-15(9-17)14(3)27/h4-10,13H,11-12H2,1-3H3,(H,24,28). The molecule has 0 spiro atoms. The van der Waals surface area contributed by atoms with Crippen molar-refractivity contribution in [3.63, 3.8) is 0 Å². The summed E-state index contributed by atoms with van der Waals surface area (Å²) in [4.78, 5) is 41.6. The second-order valence-corrected chi connectivity index (χ2v) is 9.20. The zero-order valence-electron chi connectivity index (χ0n) is 16.9. The van der Waals surface area contributed by atoms with E-state index >= 15 is 0 Å². The summed E-state index contributed by atoms with van der Waals surface area (Å²) in [6.07, 6.45) is 0. The fraction of sp³-hybridized carbons (Fsp3) is 0.273. The molecular formula is C22H22BrN3O3S. The van der Waals surface area contributed by atoms with Gasteiger partial charge in [0.2, 0.25) is 5.91 Å². The molecule has 0 aliphatic heterocycles. The summed E-state index contributed by atoms with van der Waals surface area (Å²) in [5.74, 6) is 0.0420. The quantitative estimate of drug-likeness (QED) is 0.295. The minimum atomic E-state index is -0.234. The number of amides is 1. The van der Waals surface area contributed by atoms with Gasteiger partial charge in [0.15, 0.2) is 10.9 Å². The number of nitrogens with one attached hydrogen (secondary N) is 1. The zero-order chi connectivity index (χ0) is 21.8. The second kappa shape index (κ2) is 9.57. The average Bonchev–Trinajstić information content (AvgIpc) is 2.69. The lowest BCUT2D eigenvalue weighted by atomic mass is 10.1. The van der Waals surface area contributed by atoms with E-state index in [9.17, 15) is 14.4 Å². The maximum Gasteiger partial charge on any atom is 0.262 e. The highest BCUT2D eigenvalue weighted by Gasteiger charge is 2.15. The molecule has 6 nitrogen and oxygen atoms in total. The molecule has 30 heavy (non-hydrogen) atoms. The first-order valence-electron chi connectivity index (χ1n) is 9.48. The number of benzene rings is 2. The van der Waals surface area contributed by atoms with E-state index < -0.39 is 0 Å². The number of rotatable bonds is 7. The van der Waals surface area contributed by atoms with Crippen LogP contribution in [-0.2, 0) is 11.3 Å². The lowest BCUT2D eigenvalue weighted by Crippen LogP contribution is -2.26. The van der Waals surface area contributed by atoms with Crippen molar-refractivity contribution >= 4 is 56.0 Å². The van der Waals surface area contributed by atoms with Gasteiger partial charge in [-0.25, -0.2) is 4.98 Å². The topological polar surface area (TPSA) is 81.1 Å². The summed E-state index contributed by atoms with van der Waals surface area (Å²) in [6, 6.07) is 12.2. The SMILES string of the molecule is CC(=O)c1cccc(NC(=O)CSc2nc3ccc(Br)cc3c(=O)n2CC(C)C)c1. The molecule has 0 saturated heterocycles. The molecule has 0 saturated carbocycles. The van der Waals surface area contributed by atoms with Crippen molar-refractivity contribution in [2.75, 3.05) is 11.1 Å². The molecule has 1 amide bonds. The Hall–Kier alpha value is -2.45. The van der Waals surface area contributed by atoms with Crippen LogP contribution in [0, 0.1) is 5.92 Å². The fourth-order valence-electron chi connectivity index (χ4n) is 2.95. The van der Waals surface area contributed by atoms with Crippen LogP contribution in [0.15, 0.2) is 56.9 Å². The number of nitrogens with zero attached hydrogens (tertiary/aromatic N) is 2. The molecule has 156 valence electrons. The summed E-state index contributed by atoms with van der Waals surface area (Å²) in [5.41, 5.74) is 1.57. The van der Waals surface area contributed by atoms with Crippen LogP contribution < -0.4 is 10.9 Å². The Balaban J connectivity index is 1.83. The molecule has 3 rings (SSSR count). The summed E-state index contributed by atoms with van der Waals surface area (Å²) in [5, 5.41) is 3.85. The minimum absolute atomic E-state index is 0.0647. The van der Waals surface area contributed by atoms with Crippen LogP contribution in [-0.4, -0.2) is 27.0 Å². The van der Waals surface area contributed by atoms with Gasteiger partial charge in [-0.1, -0.05) is 53.7 Å². The zero-order valence-corrected chi connectivity index (χ0v) is 19.3. The van der Waals surface area contributed by atoms with Crippen molar-refractivity contribution in [2.45, 2.75) is 32.5 Å². The summed E-state index contributed by atoms with van der Waals surface area (Å²) in [7, 11) is 0. The number of carbonyl (C=O) groups excluding carboxylic acids is 2. The molecule has 1 heterocycles. The van der Waals surface area contributed by atoms with Gasteiger partial charge in [0.25, 0.3) is 5.56 Å². The molecular weight excluding hydrogens is 466 g/mol. The Morgan fingerprint density at radius 1 is 1.20 bits per heavy atom. The lowest BCUT2D eigenvalue weighted by Gasteiger charge is -2.15. The van der Waals surface area contributed by atoms with Gasteiger partial charge in [0.1, 0.15) is 0 Å². The van der Waals surface area contributed by atoms with Gasteiger partial charge in [0.05, 0.1) is 16.7 Å². The highest BCUT2D eigenvalue weighted by atomic mass is 79.9. The first-order valence-corrected chi connectivity index (χ1v) is 11.3. The normalized spacial score (nSPS) is 11.1. The van der Waals surface area contributed by atoms with Crippen molar-refractivity contribution in [3.05, 3.63) is 62.9 Å². The Labute approximate surface area is 187 Å². The Kier molecular flexibility index (Phi) is 7.10. The van der Waals surface area contributed by atoms with Gasteiger partial charge in [-0.2, -0.15) is 0 Å². The molecule has 2 aromatic carbocycles. The first-order chi connectivity index (χ1) is 14.2. The van der Waals surface area contributed by atoms with Gasteiger partial charge in [0, 0.05) is 22.3 Å². The number of hydrogen-bond acceptors (Lipinski definition) is 5. The molecule has 0 aliphatic carbocycles. The van der Waals surface area contributed by atoms with Crippen LogP contribution in [0.5, 0.6) is 0 Å². The highest BCUT2D eigenvalue weighted by molar-refractivity contribution is 9.10. The molecule has 0 unspecified atom stereocenters. The fourth-order valence-corrected chi connectivity index (χ4v) is 4.12. The van der Waals surface area contributed by atoms with E-state index in [0.717, 1.165) is 4.47 Å². The number of Topliss-reactive ketones (excluding diaryl/α,β-unsaturated/α-hetero) is 1. The molecule has 0 atom stereocenters. The Morgan fingerprint density at radius 3 is 2.67 bits per heavy atom. The van der Waals surface area contributed by atoms with Crippen molar-refractivity contribution < 1.29 is 9.59 Å². The first kappa shape index (κ1) is 22.2. The van der Waals surface area contributed by atoms with Crippen LogP contribution in [0.1, 0.15) is 31.1 Å². The van der Waals surface area contributed by atoms with Crippen LogP contribution in [0.3, 0.4) is 0 Å². The molecule has 1 aromatic heterocycles. The number of halogens is 1. The van der Waals surface area contributed by atoms with E-state index in [-0.39, 0.29) is 28.9 Å². The van der Waals surface area contributed by atoms with Crippen LogP contribution in [0.4, 0.5) is 5.69 Å². The van der Waals surface area contributed by atoms with Gasteiger partial charge in [-0.15, -0.1) is 0 Å². The molecule has 0 radical (unpaired) electrons. The van der Waals surface area contributed by atoms with Crippen LogP contribution >= 0.6 is 27.7 Å². The summed E-state index contributed by atoms with van der Waals surface area (Å²) >= 11 is 4.62. The number of carbonyl (C=O) groups is 2. The second-order valence-electron chi connectivity index (χ2n) is 7.34. The Morgan fingerprint density at radius 2 is 1.97 bits per heavy atom. The number of anilines is 1. The number of hydrogen-bond donors (Lipinski definition) is 1. The maximum absolute atomic E-state index is 13.0. The van der Waals surface area contributed by atoms with E-state index in [1.54, 1.807) is 41.0 Å². The number of fused-ring (bicyclic) bond motifs is 1. The van der Waals surface area contributed by atoms with E-state index in [2.05, 4.69) is 26.2 Å². The number of aromatic nitrogens is 2. The van der Waals surface area contributed by atoms with E-state index in [1.165, 1.54) is 18.7 Å². The number of ketones is 1. The average molecular weight is 488 g/mol. The van der Waals surface area contributed by atoms with Crippen LogP contribution in [0.2, 0.25) is 0 Å². The van der Waals surface area contributed by atoms with E-state index in [0.29, 0.717) is 33.9 Å². The van der Waals surface area contributed by atoms with Gasteiger partial charge < -0.3 is 5.32 Å². The third-order valence-electron chi connectivity index (χ3n) is 4.31. The van der Waals surface area contributed by atoms with Crippen molar-refractivity contribution in [1.82, 2.24) is 9.55 Å². The third kappa shape index (κ3) is 5.37. The van der Waals surface area contributed by atoms with Crippen molar-refractivity contribution in [2.24, 2.45) is 5.92 Å². The van der Waals surface area contributed by atoms with Gasteiger partial charge in [-0.3, -0.25) is 19.0 Å². The van der Waals surface area contributed by atoms with Crippen molar-refractivity contribution in [1.29, 1.82) is 0 Å². The highest BCUT2D eigenvalue weighted by Crippen LogP contribution is 2.22. The molecule has 0 bridgehead atoms. The third-order valence-corrected chi connectivity index (χ3v) is 5.78. The monoisotopic (exact) mass is 487 g/mol. The molecule has 3 aromatic rings. The summed E-state index contributed by atoms with van der Waals surface area (Å²) < 4.78 is 2.45.